The van der Waals surface area contributed by atoms with Crippen molar-refractivity contribution in [3.8, 4) is 0 Å². The van der Waals surface area contributed by atoms with Crippen molar-refractivity contribution in [3.63, 3.8) is 0 Å². The number of benzene rings is 1. The van der Waals surface area contributed by atoms with E-state index in [4.69, 9.17) is 4.42 Å². The van der Waals surface area contributed by atoms with Crippen molar-refractivity contribution in [1.29, 1.82) is 0 Å². The molecule has 0 spiro atoms. The SMILES string of the molecule is Cc1ccc(CN(C(=O)c2ccc(I)cc2)C(C)C)o1. The van der Waals surface area contributed by atoms with Crippen molar-refractivity contribution in [2.75, 3.05) is 0 Å². The summed E-state index contributed by atoms with van der Waals surface area (Å²) in [5.41, 5.74) is 0.711. The fraction of sp³-hybridized carbons (Fsp3) is 0.312. The lowest BCUT2D eigenvalue weighted by Gasteiger charge is -2.26. The van der Waals surface area contributed by atoms with Crippen LogP contribution < -0.4 is 0 Å². The number of hydrogen-bond donors (Lipinski definition) is 0. The molecule has 1 amide bonds. The van der Waals surface area contributed by atoms with Crippen molar-refractivity contribution in [3.05, 3.63) is 57.1 Å². The van der Waals surface area contributed by atoms with Gasteiger partial charge in [-0.2, -0.15) is 0 Å². The van der Waals surface area contributed by atoms with Crippen molar-refractivity contribution in [2.45, 2.75) is 33.4 Å². The molecular weight excluding hydrogens is 365 g/mol. The Balaban J connectivity index is 2.19. The van der Waals surface area contributed by atoms with Gasteiger partial charge in [-0.25, -0.2) is 0 Å². The van der Waals surface area contributed by atoms with E-state index in [1.54, 1.807) is 0 Å². The molecule has 1 heterocycles. The highest BCUT2D eigenvalue weighted by molar-refractivity contribution is 14.1. The van der Waals surface area contributed by atoms with Crippen molar-refractivity contribution in [1.82, 2.24) is 4.90 Å². The lowest BCUT2D eigenvalue weighted by atomic mass is 10.1. The van der Waals surface area contributed by atoms with Gasteiger partial charge < -0.3 is 9.32 Å². The maximum absolute atomic E-state index is 12.6. The molecule has 0 aliphatic heterocycles. The van der Waals surface area contributed by atoms with Crippen LogP contribution in [0.3, 0.4) is 0 Å². The maximum atomic E-state index is 12.6. The minimum absolute atomic E-state index is 0.0328. The molecule has 4 heteroatoms. The fourth-order valence-electron chi connectivity index (χ4n) is 1.99. The van der Waals surface area contributed by atoms with Crippen molar-refractivity contribution >= 4 is 28.5 Å². The van der Waals surface area contributed by atoms with E-state index < -0.39 is 0 Å². The molecule has 2 rings (SSSR count). The second-order valence-electron chi connectivity index (χ2n) is 5.05. The maximum Gasteiger partial charge on any atom is 0.254 e. The second kappa shape index (κ2) is 6.43. The average molecular weight is 383 g/mol. The van der Waals surface area contributed by atoms with Gasteiger partial charge in [0.25, 0.3) is 5.91 Å². The molecule has 0 fully saturated rings. The van der Waals surface area contributed by atoms with Gasteiger partial charge in [-0.15, -0.1) is 0 Å². The molecule has 106 valence electrons. The molecule has 0 N–H and O–H groups in total. The van der Waals surface area contributed by atoms with Crippen LogP contribution in [0.4, 0.5) is 0 Å². The first kappa shape index (κ1) is 15.1. The number of hydrogen-bond acceptors (Lipinski definition) is 2. The third-order valence-electron chi connectivity index (χ3n) is 3.10. The largest absolute Gasteiger partial charge is 0.464 e. The van der Waals surface area contributed by atoms with Gasteiger partial charge in [0.2, 0.25) is 0 Å². The Morgan fingerprint density at radius 2 is 1.85 bits per heavy atom. The van der Waals surface area contributed by atoms with E-state index in [-0.39, 0.29) is 11.9 Å². The zero-order valence-electron chi connectivity index (χ0n) is 11.9. The first-order chi connectivity index (χ1) is 9.47. The molecule has 0 atom stereocenters. The van der Waals surface area contributed by atoms with Gasteiger partial charge in [0.05, 0.1) is 6.54 Å². The third-order valence-corrected chi connectivity index (χ3v) is 3.82. The van der Waals surface area contributed by atoms with E-state index >= 15 is 0 Å². The van der Waals surface area contributed by atoms with Crippen LogP contribution in [0, 0.1) is 10.5 Å². The summed E-state index contributed by atoms with van der Waals surface area (Å²) < 4.78 is 6.70. The zero-order valence-corrected chi connectivity index (χ0v) is 14.0. The molecule has 0 aliphatic carbocycles. The molecule has 0 saturated carbocycles. The molecule has 0 bridgehead atoms. The van der Waals surface area contributed by atoms with Crippen LogP contribution in [0.25, 0.3) is 0 Å². The quantitative estimate of drug-likeness (QED) is 0.740. The Bertz CT molecular complexity index is 587. The Kier molecular flexibility index (Phi) is 4.86. The minimum Gasteiger partial charge on any atom is -0.464 e. The van der Waals surface area contributed by atoms with E-state index in [1.807, 2.05) is 62.1 Å². The first-order valence-corrected chi connectivity index (χ1v) is 7.67. The van der Waals surface area contributed by atoms with Crippen LogP contribution in [0.15, 0.2) is 40.8 Å². The van der Waals surface area contributed by atoms with Crippen LogP contribution in [0.5, 0.6) is 0 Å². The number of aryl methyl sites for hydroxylation is 1. The van der Waals surface area contributed by atoms with Gasteiger partial charge in [0.15, 0.2) is 0 Å². The molecule has 0 radical (unpaired) electrons. The molecule has 0 saturated heterocycles. The average Bonchev–Trinajstić information content (AvgIpc) is 2.81. The number of carbonyl (C=O) groups excluding carboxylic acids is 1. The summed E-state index contributed by atoms with van der Waals surface area (Å²) in [7, 11) is 0. The summed E-state index contributed by atoms with van der Waals surface area (Å²) in [4.78, 5) is 14.4. The van der Waals surface area contributed by atoms with Gasteiger partial charge in [0.1, 0.15) is 11.5 Å². The smallest absolute Gasteiger partial charge is 0.254 e. The second-order valence-corrected chi connectivity index (χ2v) is 6.29. The van der Waals surface area contributed by atoms with E-state index in [9.17, 15) is 4.79 Å². The van der Waals surface area contributed by atoms with E-state index in [0.29, 0.717) is 12.1 Å². The summed E-state index contributed by atoms with van der Waals surface area (Å²) in [5, 5.41) is 0. The van der Waals surface area contributed by atoms with E-state index in [0.717, 1.165) is 15.1 Å². The highest BCUT2D eigenvalue weighted by atomic mass is 127. The predicted octanol–water partition coefficient (Wildman–Crippen LogP) is 4.24. The Labute approximate surface area is 133 Å². The highest BCUT2D eigenvalue weighted by Gasteiger charge is 2.20. The number of amides is 1. The lowest BCUT2D eigenvalue weighted by molar-refractivity contribution is 0.0675. The van der Waals surface area contributed by atoms with Gasteiger partial charge >= 0.3 is 0 Å². The standard InChI is InChI=1S/C16H18INO2/c1-11(2)18(10-15-9-4-12(3)20-15)16(19)13-5-7-14(17)8-6-13/h4-9,11H,10H2,1-3H3. The molecule has 2 aromatic rings. The number of nitrogens with zero attached hydrogens (tertiary/aromatic N) is 1. The minimum atomic E-state index is 0.0328. The summed E-state index contributed by atoms with van der Waals surface area (Å²) in [6.07, 6.45) is 0. The molecule has 3 nitrogen and oxygen atoms in total. The van der Waals surface area contributed by atoms with Crippen LogP contribution in [0.1, 0.15) is 35.7 Å². The normalized spacial score (nSPS) is 10.8. The van der Waals surface area contributed by atoms with Crippen LogP contribution in [-0.2, 0) is 6.54 Å². The topological polar surface area (TPSA) is 33.5 Å². The van der Waals surface area contributed by atoms with Gasteiger partial charge in [0, 0.05) is 15.2 Å². The van der Waals surface area contributed by atoms with Gasteiger partial charge in [-0.1, -0.05) is 0 Å². The molecule has 1 aromatic carbocycles. The van der Waals surface area contributed by atoms with Crippen molar-refractivity contribution in [2.24, 2.45) is 0 Å². The summed E-state index contributed by atoms with van der Waals surface area (Å²) in [5.74, 6) is 1.71. The van der Waals surface area contributed by atoms with E-state index in [1.165, 1.54) is 0 Å². The fourth-order valence-corrected chi connectivity index (χ4v) is 2.34. The first-order valence-electron chi connectivity index (χ1n) is 6.59. The monoisotopic (exact) mass is 383 g/mol. The molecule has 20 heavy (non-hydrogen) atoms. The zero-order chi connectivity index (χ0) is 14.7. The van der Waals surface area contributed by atoms with E-state index in [2.05, 4.69) is 22.6 Å². The molecule has 1 aromatic heterocycles. The number of halogens is 1. The van der Waals surface area contributed by atoms with Gasteiger partial charge in [-0.3, -0.25) is 4.79 Å². The van der Waals surface area contributed by atoms with Crippen LogP contribution >= 0.6 is 22.6 Å². The summed E-state index contributed by atoms with van der Waals surface area (Å²) >= 11 is 2.23. The number of carbonyl (C=O) groups is 1. The predicted molar refractivity (Wildman–Crippen MR) is 87.6 cm³/mol. The van der Waals surface area contributed by atoms with Crippen molar-refractivity contribution < 1.29 is 9.21 Å². The van der Waals surface area contributed by atoms with Crippen LogP contribution in [-0.4, -0.2) is 16.8 Å². The lowest BCUT2D eigenvalue weighted by Crippen LogP contribution is -2.36. The Morgan fingerprint density at radius 1 is 1.20 bits per heavy atom. The summed E-state index contributed by atoms with van der Waals surface area (Å²) in [6, 6.07) is 11.6. The third kappa shape index (κ3) is 3.62. The molecule has 0 unspecified atom stereocenters. The number of rotatable bonds is 4. The Morgan fingerprint density at radius 3 is 2.35 bits per heavy atom. The summed E-state index contributed by atoms with van der Waals surface area (Å²) in [6.45, 7) is 6.43. The molecular formula is C16H18INO2. The highest BCUT2D eigenvalue weighted by Crippen LogP contribution is 2.16. The van der Waals surface area contributed by atoms with Gasteiger partial charge in [-0.05, 0) is 79.8 Å². The van der Waals surface area contributed by atoms with Crippen LogP contribution in [0.2, 0.25) is 0 Å². The Hall–Kier alpha value is -1.30. The molecule has 0 aliphatic rings. The number of furan rings is 1.